The molecule has 1 aliphatic heterocycles. The molecule has 2 N–H and O–H groups in total. The summed E-state index contributed by atoms with van der Waals surface area (Å²) < 4.78 is 0. The highest BCUT2D eigenvalue weighted by atomic mass is 16.2. The molecule has 1 aliphatic carbocycles. The second-order valence-corrected chi connectivity index (χ2v) is 5.43. The Bertz CT molecular complexity index is 240. The lowest BCUT2D eigenvalue weighted by Gasteiger charge is -2.28. The standard InChI is InChI=1S/C13H24N2O/c1-2-13(7-3-4-8-13)10-15-12(16)11-6-5-9-14-11/h11,14H,2-10H2,1H3,(H,15,16)/t11-/m1/s1. The predicted molar refractivity (Wildman–Crippen MR) is 65.2 cm³/mol. The van der Waals surface area contributed by atoms with Gasteiger partial charge in [-0.3, -0.25) is 4.79 Å². The monoisotopic (exact) mass is 224 g/mol. The van der Waals surface area contributed by atoms with Gasteiger partial charge in [0.1, 0.15) is 0 Å². The van der Waals surface area contributed by atoms with Crippen molar-refractivity contribution in [1.82, 2.24) is 10.6 Å². The fourth-order valence-corrected chi connectivity index (χ4v) is 3.09. The zero-order valence-electron chi connectivity index (χ0n) is 10.3. The first-order valence-electron chi connectivity index (χ1n) is 6.77. The number of hydrogen-bond donors (Lipinski definition) is 2. The van der Waals surface area contributed by atoms with Crippen LogP contribution in [0.1, 0.15) is 51.9 Å². The Morgan fingerprint density at radius 3 is 2.69 bits per heavy atom. The van der Waals surface area contributed by atoms with Crippen LogP contribution in [0.25, 0.3) is 0 Å². The molecule has 3 nitrogen and oxygen atoms in total. The number of carbonyl (C=O) groups excluding carboxylic acids is 1. The average molecular weight is 224 g/mol. The first kappa shape index (κ1) is 11.9. The van der Waals surface area contributed by atoms with Gasteiger partial charge in [-0.1, -0.05) is 19.8 Å². The topological polar surface area (TPSA) is 41.1 Å². The Balaban J connectivity index is 1.79. The van der Waals surface area contributed by atoms with Crippen LogP contribution in [0.3, 0.4) is 0 Å². The predicted octanol–water partition coefficient (Wildman–Crippen LogP) is 1.82. The Kier molecular flexibility index (Phi) is 3.85. The quantitative estimate of drug-likeness (QED) is 0.765. The van der Waals surface area contributed by atoms with Crippen molar-refractivity contribution in [2.24, 2.45) is 5.41 Å². The molecule has 0 aromatic heterocycles. The van der Waals surface area contributed by atoms with Gasteiger partial charge < -0.3 is 10.6 Å². The number of hydrogen-bond acceptors (Lipinski definition) is 2. The van der Waals surface area contributed by atoms with Crippen LogP contribution in [-0.2, 0) is 4.79 Å². The minimum atomic E-state index is 0.0790. The van der Waals surface area contributed by atoms with E-state index in [9.17, 15) is 4.79 Å². The number of rotatable bonds is 4. The summed E-state index contributed by atoms with van der Waals surface area (Å²) in [4.78, 5) is 11.9. The first-order valence-corrected chi connectivity index (χ1v) is 6.77. The molecule has 0 aromatic rings. The number of amides is 1. The molecule has 1 saturated heterocycles. The molecule has 2 rings (SSSR count). The van der Waals surface area contributed by atoms with Crippen molar-refractivity contribution in [3.8, 4) is 0 Å². The second kappa shape index (κ2) is 5.17. The van der Waals surface area contributed by atoms with Crippen molar-refractivity contribution in [3.05, 3.63) is 0 Å². The summed E-state index contributed by atoms with van der Waals surface area (Å²) >= 11 is 0. The summed E-state index contributed by atoms with van der Waals surface area (Å²) in [7, 11) is 0. The molecule has 1 saturated carbocycles. The largest absolute Gasteiger partial charge is 0.354 e. The minimum absolute atomic E-state index is 0.0790. The number of carbonyl (C=O) groups is 1. The van der Waals surface area contributed by atoms with E-state index in [0.29, 0.717) is 5.41 Å². The smallest absolute Gasteiger partial charge is 0.237 e. The highest BCUT2D eigenvalue weighted by molar-refractivity contribution is 5.82. The lowest BCUT2D eigenvalue weighted by Crippen LogP contribution is -2.44. The molecular formula is C13H24N2O. The minimum Gasteiger partial charge on any atom is -0.354 e. The molecule has 1 heterocycles. The van der Waals surface area contributed by atoms with E-state index in [4.69, 9.17) is 0 Å². The molecular weight excluding hydrogens is 200 g/mol. The fraction of sp³-hybridized carbons (Fsp3) is 0.923. The highest BCUT2D eigenvalue weighted by Crippen LogP contribution is 2.40. The molecule has 2 aliphatic rings. The van der Waals surface area contributed by atoms with Crippen LogP contribution in [0.2, 0.25) is 0 Å². The molecule has 1 atom stereocenters. The maximum atomic E-state index is 11.9. The van der Waals surface area contributed by atoms with Gasteiger partial charge >= 0.3 is 0 Å². The molecule has 92 valence electrons. The summed E-state index contributed by atoms with van der Waals surface area (Å²) in [5.74, 6) is 0.220. The van der Waals surface area contributed by atoms with Crippen LogP contribution in [0.4, 0.5) is 0 Å². The molecule has 3 heteroatoms. The Morgan fingerprint density at radius 1 is 1.38 bits per heavy atom. The molecule has 0 unspecified atom stereocenters. The SMILES string of the molecule is CCC1(CNC(=O)[C@H]2CCCN2)CCCC1. The third-order valence-corrected chi connectivity index (χ3v) is 4.43. The summed E-state index contributed by atoms with van der Waals surface area (Å²) in [6.45, 7) is 4.14. The van der Waals surface area contributed by atoms with Crippen LogP contribution in [-0.4, -0.2) is 25.0 Å². The van der Waals surface area contributed by atoms with E-state index in [1.807, 2.05) is 0 Å². The van der Waals surface area contributed by atoms with Crippen molar-refractivity contribution >= 4 is 5.91 Å². The van der Waals surface area contributed by atoms with E-state index in [-0.39, 0.29) is 11.9 Å². The van der Waals surface area contributed by atoms with Crippen molar-refractivity contribution in [3.63, 3.8) is 0 Å². The van der Waals surface area contributed by atoms with Crippen LogP contribution in [0.15, 0.2) is 0 Å². The summed E-state index contributed by atoms with van der Waals surface area (Å²) in [5, 5.41) is 6.41. The van der Waals surface area contributed by atoms with Crippen LogP contribution in [0, 0.1) is 5.41 Å². The Hall–Kier alpha value is -0.570. The van der Waals surface area contributed by atoms with Gasteiger partial charge in [-0.15, -0.1) is 0 Å². The molecule has 0 bridgehead atoms. The van der Waals surface area contributed by atoms with Crippen molar-refractivity contribution in [2.75, 3.05) is 13.1 Å². The van der Waals surface area contributed by atoms with Crippen molar-refractivity contribution < 1.29 is 4.79 Å². The first-order chi connectivity index (χ1) is 7.76. The van der Waals surface area contributed by atoms with E-state index < -0.39 is 0 Å². The third kappa shape index (κ3) is 2.57. The van der Waals surface area contributed by atoms with E-state index in [0.717, 1.165) is 25.9 Å². The van der Waals surface area contributed by atoms with Crippen molar-refractivity contribution in [2.45, 2.75) is 57.9 Å². The normalized spacial score (nSPS) is 28.2. The molecule has 0 spiro atoms. The van der Waals surface area contributed by atoms with Crippen LogP contribution < -0.4 is 10.6 Å². The zero-order valence-corrected chi connectivity index (χ0v) is 10.3. The molecule has 1 amide bonds. The van der Waals surface area contributed by atoms with Gasteiger partial charge in [0.25, 0.3) is 0 Å². The van der Waals surface area contributed by atoms with Crippen LogP contribution >= 0.6 is 0 Å². The van der Waals surface area contributed by atoms with Gasteiger partial charge in [-0.05, 0) is 44.1 Å². The van der Waals surface area contributed by atoms with Gasteiger partial charge in [0, 0.05) is 6.54 Å². The van der Waals surface area contributed by atoms with E-state index in [2.05, 4.69) is 17.6 Å². The maximum Gasteiger partial charge on any atom is 0.237 e. The summed E-state index contributed by atoms with van der Waals surface area (Å²) in [6, 6.07) is 0.0790. The average Bonchev–Trinajstić information content (AvgIpc) is 2.98. The van der Waals surface area contributed by atoms with E-state index in [1.54, 1.807) is 0 Å². The molecule has 0 aromatic carbocycles. The number of nitrogens with one attached hydrogen (secondary N) is 2. The lowest BCUT2D eigenvalue weighted by atomic mass is 9.83. The molecule has 0 radical (unpaired) electrons. The lowest BCUT2D eigenvalue weighted by molar-refractivity contribution is -0.123. The molecule has 2 fully saturated rings. The summed E-state index contributed by atoms with van der Waals surface area (Å²) in [5.41, 5.74) is 0.411. The molecule has 16 heavy (non-hydrogen) atoms. The van der Waals surface area contributed by atoms with Gasteiger partial charge in [0.15, 0.2) is 0 Å². The zero-order chi connectivity index (χ0) is 11.4. The van der Waals surface area contributed by atoms with Crippen molar-refractivity contribution in [1.29, 1.82) is 0 Å². The summed E-state index contributed by atoms with van der Waals surface area (Å²) in [6.07, 6.45) is 8.61. The van der Waals surface area contributed by atoms with E-state index >= 15 is 0 Å². The van der Waals surface area contributed by atoms with E-state index in [1.165, 1.54) is 32.1 Å². The van der Waals surface area contributed by atoms with Gasteiger partial charge in [0.05, 0.1) is 6.04 Å². The fourth-order valence-electron chi connectivity index (χ4n) is 3.09. The Morgan fingerprint density at radius 2 is 2.12 bits per heavy atom. The highest BCUT2D eigenvalue weighted by Gasteiger charge is 2.33. The third-order valence-electron chi connectivity index (χ3n) is 4.43. The maximum absolute atomic E-state index is 11.9. The van der Waals surface area contributed by atoms with Gasteiger partial charge in [-0.2, -0.15) is 0 Å². The van der Waals surface area contributed by atoms with Gasteiger partial charge in [-0.25, -0.2) is 0 Å². The Labute approximate surface area is 98.4 Å². The van der Waals surface area contributed by atoms with Gasteiger partial charge in [0.2, 0.25) is 5.91 Å². The van der Waals surface area contributed by atoms with Crippen LogP contribution in [0.5, 0.6) is 0 Å². The second-order valence-electron chi connectivity index (χ2n) is 5.43.